The number of carbonyl (C=O) groups excluding carboxylic acids is 2. The van der Waals surface area contributed by atoms with Gasteiger partial charge in [-0.25, -0.2) is 9.59 Å². The van der Waals surface area contributed by atoms with Crippen LogP contribution in [0.3, 0.4) is 0 Å². The maximum Gasteiger partial charge on any atom is 0.338 e. The molecule has 1 heterocycles. The zero-order chi connectivity index (χ0) is 18.4. The number of ether oxygens (including phenoxy) is 2. The van der Waals surface area contributed by atoms with Crippen molar-refractivity contribution in [2.24, 2.45) is 5.92 Å². The summed E-state index contributed by atoms with van der Waals surface area (Å²) in [4.78, 5) is 24.1. The number of esters is 1. The number of rotatable bonds is 7. The van der Waals surface area contributed by atoms with Crippen molar-refractivity contribution in [3.63, 3.8) is 0 Å². The molecule has 0 saturated heterocycles. The molecule has 0 saturated carbocycles. The number of hydrogen-bond acceptors (Lipinski definition) is 4. The summed E-state index contributed by atoms with van der Waals surface area (Å²) < 4.78 is 10.8. The van der Waals surface area contributed by atoms with Crippen LogP contribution < -0.4 is 15.4 Å². The number of nitrogens with one attached hydrogen (secondary N) is 2. The fraction of sp³-hybridized carbons (Fsp3) is 0.474. The number of allylic oxidation sites excluding steroid dienone is 1. The summed E-state index contributed by atoms with van der Waals surface area (Å²) >= 11 is 0. The molecular weight excluding hydrogens is 320 g/mol. The average molecular weight is 346 g/mol. The second-order valence-corrected chi connectivity index (χ2v) is 6.39. The number of benzene rings is 1. The Kier molecular flexibility index (Phi) is 6.44. The molecule has 2 N–H and O–H groups in total. The highest BCUT2D eigenvalue weighted by molar-refractivity contribution is 5.95. The molecule has 2 rings (SSSR count). The fourth-order valence-electron chi connectivity index (χ4n) is 2.59. The molecule has 136 valence electrons. The van der Waals surface area contributed by atoms with Crippen LogP contribution in [0.4, 0.5) is 4.79 Å². The summed E-state index contributed by atoms with van der Waals surface area (Å²) in [6.45, 7) is 8.69. The van der Waals surface area contributed by atoms with Crippen molar-refractivity contribution in [2.75, 3.05) is 13.2 Å². The lowest BCUT2D eigenvalue weighted by Gasteiger charge is -2.28. The minimum atomic E-state index is -0.544. The Labute approximate surface area is 148 Å². The van der Waals surface area contributed by atoms with Gasteiger partial charge in [0.2, 0.25) is 0 Å². The SMILES string of the molecule is CCOC(=O)C1=C(C)NC(=O)N[C@@H]1c1ccc(OCCC(C)C)cc1. The Bertz CT molecular complexity index is 650. The van der Waals surface area contributed by atoms with Gasteiger partial charge in [-0.3, -0.25) is 0 Å². The smallest absolute Gasteiger partial charge is 0.338 e. The monoisotopic (exact) mass is 346 g/mol. The van der Waals surface area contributed by atoms with Gasteiger partial charge in [-0.2, -0.15) is 0 Å². The Balaban J connectivity index is 2.18. The summed E-state index contributed by atoms with van der Waals surface area (Å²) in [5, 5.41) is 5.40. The molecule has 0 bridgehead atoms. The van der Waals surface area contributed by atoms with E-state index in [0.29, 0.717) is 23.8 Å². The molecule has 1 atom stereocenters. The van der Waals surface area contributed by atoms with Gasteiger partial charge in [-0.05, 0) is 43.9 Å². The molecule has 6 heteroatoms. The standard InChI is InChI=1S/C19H26N2O4/c1-5-24-18(22)16-13(4)20-19(23)21-17(16)14-6-8-15(9-7-14)25-11-10-12(2)3/h6-9,12,17H,5,10-11H2,1-4H3,(H2,20,21,23)/t17-/m1/s1. The third-order valence-corrected chi connectivity index (χ3v) is 3.94. The number of urea groups is 1. The molecule has 0 aromatic heterocycles. The summed E-state index contributed by atoms with van der Waals surface area (Å²) in [5.74, 6) is 0.919. The van der Waals surface area contributed by atoms with E-state index >= 15 is 0 Å². The van der Waals surface area contributed by atoms with E-state index in [1.54, 1.807) is 13.8 Å². The summed E-state index contributed by atoms with van der Waals surface area (Å²) in [6.07, 6.45) is 0.987. The predicted molar refractivity (Wildman–Crippen MR) is 95.1 cm³/mol. The second kappa shape index (κ2) is 8.55. The van der Waals surface area contributed by atoms with Crippen molar-refractivity contribution in [3.05, 3.63) is 41.1 Å². The van der Waals surface area contributed by atoms with Gasteiger partial charge < -0.3 is 20.1 Å². The Morgan fingerprint density at radius 2 is 1.92 bits per heavy atom. The van der Waals surface area contributed by atoms with Gasteiger partial charge in [-0.1, -0.05) is 26.0 Å². The van der Waals surface area contributed by atoms with E-state index < -0.39 is 12.0 Å². The fourth-order valence-corrected chi connectivity index (χ4v) is 2.59. The summed E-state index contributed by atoms with van der Waals surface area (Å²) in [7, 11) is 0. The highest BCUT2D eigenvalue weighted by Crippen LogP contribution is 2.28. The topological polar surface area (TPSA) is 76.7 Å². The zero-order valence-corrected chi connectivity index (χ0v) is 15.2. The van der Waals surface area contributed by atoms with Crippen molar-refractivity contribution in [3.8, 4) is 5.75 Å². The van der Waals surface area contributed by atoms with Gasteiger partial charge in [0.05, 0.1) is 24.8 Å². The minimum Gasteiger partial charge on any atom is -0.494 e. The molecule has 1 aromatic rings. The number of amides is 2. The second-order valence-electron chi connectivity index (χ2n) is 6.39. The molecule has 2 amide bonds. The minimum absolute atomic E-state index is 0.277. The third-order valence-electron chi connectivity index (χ3n) is 3.94. The first-order chi connectivity index (χ1) is 11.9. The maximum absolute atomic E-state index is 12.3. The van der Waals surface area contributed by atoms with Crippen LogP contribution in [0, 0.1) is 5.92 Å². The van der Waals surface area contributed by atoms with Crippen LogP contribution in [0.5, 0.6) is 5.75 Å². The third kappa shape index (κ3) is 4.98. The van der Waals surface area contributed by atoms with Crippen LogP contribution in [0.15, 0.2) is 35.5 Å². The first kappa shape index (κ1) is 18.8. The molecule has 1 aliphatic heterocycles. The van der Waals surface area contributed by atoms with Crippen LogP contribution in [-0.4, -0.2) is 25.2 Å². The Morgan fingerprint density at radius 1 is 1.24 bits per heavy atom. The Hall–Kier alpha value is -2.50. The first-order valence-corrected chi connectivity index (χ1v) is 8.60. The molecule has 1 aliphatic rings. The maximum atomic E-state index is 12.3. The van der Waals surface area contributed by atoms with Crippen molar-refractivity contribution < 1.29 is 19.1 Å². The van der Waals surface area contributed by atoms with Crippen LogP contribution in [0.2, 0.25) is 0 Å². The number of carbonyl (C=O) groups is 2. The Morgan fingerprint density at radius 3 is 2.52 bits per heavy atom. The molecule has 0 radical (unpaired) electrons. The molecule has 1 aromatic carbocycles. The number of hydrogen-bond donors (Lipinski definition) is 2. The normalized spacial score (nSPS) is 17.2. The van der Waals surface area contributed by atoms with Gasteiger partial charge in [0, 0.05) is 5.70 Å². The van der Waals surface area contributed by atoms with Gasteiger partial charge in [0.15, 0.2) is 0 Å². The molecule has 0 spiro atoms. The van der Waals surface area contributed by atoms with E-state index in [4.69, 9.17) is 9.47 Å². The van der Waals surface area contributed by atoms with Gasteiger partial charge in [-0.15, -0.1) is 0 Å². The highest BCUT2D eigenvalue weighted by Gasteiger charge is 2.31. The van der Waals surface area contributed by atoms with E-state index in [-0.39, 0.29) is 12.6 Å². The lowest BCUT2D eigenvalue weighted by atomic mass is 9.95. The van der Waals surface area contributed by atoms with E-state index in [2.05, 4.69) is 24.5 Å². The van der Waals surface area contributed by atoms with Gasteiger partial charge in [0.25, 0.3) is 0 Å². The molecule has 0 unspecified atom stereocenters. The van der Waals surface area contributed by atoms with Crippen molar-refractivity contribution in [1.29, 1.82) is 0 Å². The van der Waals surface area contributed by atoms with E-state index in [9.17, 15) is 9.59 Å². The molecule has 0 fully saturated rings. The van der Waals surface area contributed by atoms with Gasteiger partial charge >= 0.3 is 12.0 Å². The molecule has 0 aliphatic carbocycles. The predicted octanol–water partition coefficient (Wildman–Crippen LogP) is 3.30. The first-order valence-electron chi connectivity index (χ1n) is 8.60. The molecule has 6 nitrogen and oxygen atoms in total. The zero-order valence-electron chi connectivity index (χ0n) is 15.2. The lowest BCUT2D eigenvalue weighted by Crippen LogP contribution is -2.45. The van der Waals surface area contributed by atoms with E-state index in [1.165, 1.54) is 0 Å². The average Bonchev–Trinajstić information content (AvgIpc) is 2.54. The quantitative estimate of drug-likeness (QED) is 0.743. The van der Waals surface area contributed by atoms with E-state index in [1.807, 2.05) is 24.3 Å². The van der Waals surface area contributed by atoms with Crippen LogP contribution in [0.25, 0.3) is 0 Å². The van der Waals surface area contributed by atoms with Crippen molar-refractivity contribution in [1.82, 2.24) is 10.6 Å². The van der Waals surface area contributed by atoms with Crippen LogP contribution in [-0.2, 0) is 9.53 Å². The highest BCUT2D eigenvalue weighted by atomic mass is 16.5. The van der Waals surface area contributed by atoms with Crippen LogP contribution in [0.1, 0.15) is 45.7 Å². The van der Waals surface area contributed by atoms with Crippen LogP contribution >= 0.6 is 0 Å². The largest absolute Gasteiger partial charge is 0.494 e. The van der Waals surface area contributed by atoms with E-state index in [0.717, 1.165) is 17.7 Å². The van der Waals surface area contributed by atoms with Gasteiger partial charge in [0.1, 0.15) is 5.75 Å². The summed E-state index contributed by atoms with van der Waals surface area (Å²) in [5.41, 5.74) is 1.72. The van der Waals surface area contributed by atoms with Crippen molar-refractivity contribution >= 4 is 12.0 Å². The van der Waals surface area contributed by atoms with Crippen molar-refractivity contribution in [2.45, 2.75) is 40.2 Å². The lowest BCUT2D eigenvalue weighted by molar-refractivity contribution is -0.139. The molecular formula is C19H26N2O4. The summed E-state index contributed by atoms with van der Waals surface area (Å²) in [6, 6.07) is 6.52. The molecule has 25 heavy (non-hydrogen) atoms.